The maximum Gasteiger partial charge on any atom is 0.0303 e. The monoisotopic (exact) mass is 286 g/mol. The van der Waals surface area contributed by atoms with E-state index in [0.717, 1.165) is 6.04 Å². The van der Waals surface area contributed by atoms with E-state index >= 15 is 0 Å². The molecule has 2 heteroatoms. The van der Waals surface area contributed by atoms with Crippen molar-refractivity contribution in [2.24, 2.45) is 0 Å². The summed E-state index contributed by atoms with van der Waals surface area (Å²) < 4.78 is 0. The van der Waals surface area contributed by atoms with Crippen LogP contribution in [0.5, 0.6) is 0 Å². The molecule has 1 aromatic carbocycles. The molecule has 2 nitrogen and oxygen atoms in total. The Bertz CT molecular complexity index is 464. The van der Waals surface area contributed by atoms with E-state index in [9.17, 15) is 0 Å². The molecular formula is C19H30N2. The van der Waals surface area contributed by atoms with Gasteiger partial charge in [-0.1, -0.05) is 38.1 Å². The SMILES string of the molecule is CCC1(CC)CN(C2CCc3ccccc3C2)CCCN1. The van der Waals surface area contributed by atoms with Gasteiger partial charge in [0.25, 0.3) is 0 Å². The molecule has 2 aliphatic rings. The number of rotatable bonds is 3. The lowest BCUT2D eigenvalue weighted by Gasteiger charge is -2.40. The van der Waals surface area contributed by atoms with Gasteiger partial charge in [-0.15, -0.1) is 0 Å². The quantitative estimate of drug-likeness (QED) is 0.916. The van der Waals surface area contributed by atoms with Gasteiger partial charge in [0.2, 0.25) is 0 Å². The number of hydrogen-bond acceptors (Lipinski definition) is 2. The van der Waals surface area contributed by atoms with Crippen molar-refractivity contribution in [2.45, 2.75) is 64.0 Å². The lowest BCUT2D eigenvalue weighted by atomic mass is 9.86. The van der Waals surface area contributed by atoms with Crippen molar-refractivity contribution < 1.29 is 0 Å². The van der Waals surface area contributed by atoms with Gasteiger partial charge in [0, 0.05) is 18.1 Å². The topological polar surface area (TPSA) is 15.3 Å². The molecule has 0 saturated carbocycles. The molecule has 3 rings (SSSR count). The zero-order chi connectivity index (χ0) is 14.7. The first-order valence-electron chi connectivity index (χ1n) is 8.82. The van der Waals surface area contributed by atoms with Gasteiger partial charge in [0.15, 0.2) is 0 Å². The molecular weight excluding hydrogens is 256 g/mol. The smallest absolute Gasteiger partial charge is 0.0303 e. The molecule has 0 amide bonds. The molecule has 1 unspecified atom stereocenters. The normalized spacial score (nSPS) is 26.1. The summed E-state index contributed by atoms with van der Waals surface area (Å²) in [5.41, 5.74) is 3.51. The summed E-state index contributed by atoms with van der Waals surface area (Å²) in [5, 5.41) is 3.84. The summed E-state index contributed by atoms with van der Waals surface area (Å²) in [4.78, 5) is 2.79. The Kier molecular flexibility index (Phi) is 4.66. The molecule has 1 fully saturated rings. The predicted octanol–water partition coefficient (Wildman–Crippen LogP) is 3.40. The second-order valence-electron chi connectivity index (χ2n) is 6.90. The number of nitrogens with one attached hydrogen (secondary N) is 1. The highest BCUT2D eigenvalue weighted by Crippen LogP contribution is 2.28. The van der Waals surface area contributed by atoms with Crippen LogP contribution in [0.4, 0.5) is 0 Å². The first kappa shape index (κ1) is 15.1. The fraction of sp³-hybridized carbons (Fsp3) is 0.684. The van der Waals surface area contributed by atoms with Crippen molar-refractivity contribution in [3.05, 3.63) is 35.4 Å². The number of hydrogen-bond donors (Lipinski definition) is 1. The highest BCUT2D eigenvalue weighted by Gasteiger charge is 2.34. The zero-order valence-electron chi connectivity index (χ0n) is 13.7. The summed E-state index contributed by atoms with van der Waals surface area (Å²) in [5.74, 6) is 0. The summed E-state index contributed by atoms with van der Waals surface area (Å²) in [7, 11) is 0. The van der Waals surface area contributed by atoms with E-state index in [2.05, 4.69) is 48.3 Å². The van der Waals surface area contributed by atoms with Gasteiger partial charge in [-0.2, -0.15) is 0 Å². The number of benzene rings is 1. The van der Waals surface area contributed by atoms with Crippen LogP contribution in [0.2, 0.25) is 0 Å². The van der Waals surface area contributed by atoms with Crippen molar-refractivity contribution in [2.75, 3.05) is 19.6 Å². The average molecular weight is 286 g/mol. The molecule has 0 aromatic heterocycles. The maximum absolute atomic E-state index is 3.84. The molecule has 0 radical (unpaired) electrons. The van der Waals surface area contributed by atoms with Crippen LogP contribution in [-0.4, -0.2) is 36.1 Å². The Morgan fingerprint density at radius 3 is 2.71 bits per heavy atom. The number of fused-ring (bicyclic) bond motifs is 1. The molecule has 1 atom stereocenters. The predicted molar refractivity (Wildman–Crippen MR) is 89.8 cm³/mol. The van der Waals surface area contributed by atoms with Gasteiger partial charge in [-0.25, -0.2) is 0 Å². The van der Waals surface area contributed by atoms with Crippen molar-refractivity contribution in [3.8, 4) is 0 Å². The lowest BCUT2D eigenvalue weighted by Crippen LogP contribution is -2.53. The van der Waals surface area contributed by atoms with Crippen molar-refractivity contribution >= 4 is 0 Å². The molecule has 1 saturated heterocycles. The lowest BCUT2D eigenvalue weighted by molar-refractivity contribution is 0.137. The van der Waals surface area contributed by atoms with E-state index < -0.39 is 0 Å². The van der Waals surface area contributed by atoms with E-state index in [4.69, 9.17) is 0 Å². The fourth-order valence-electron chi connectivity index (χ4n) is 4.18. The van der Waals surface area contributed by atoms with Crippen LogP contribution in [0.15, 0.2) is 24.3 Å². The van der Waals surface area contributed by atoms with Gasteiger partial charge in [-0.05, 0) is 62.7 Å². The van der Waals surface area contributed by atoms with Crippen molar-refractivity contribution in [3.63, 3.8) is 0 Å². The fourth-order valence-corrected chi connectivity index (χ4v) is 4.18. The van der Waals surface area contributed by atoms with E-state index in [-0.39, 0.29) is 0 Å². The van der Waals surface area contributed by atoms with Crippen LogP contribution in [-0.2, 0) is 12.8 Å². The molecule has 1 aliphatic carbocycles. The van der Waals surface area contributed by atoms with Crippen LogP contribution in [0, 0.1) is 0 Å². The molecule has 1 aromatic rings. The second-order valence-corrected chi connectivity index (χ2v) is 6.90. The summed E-state index contributed by atoms with van der Waals surface area (Å²) in [6, 6.07) is 9.79. The minimum Gasteiger partial charge on any atom is -0.310 e. The molecule has 0 bridgehead atoms. The first-order chi connectivity index (χ1) is 10.3. The summed E-state index contributed by atoms with van der Waals surface area (Å²) in [6.07, 6.45) is 7.61. The standard InChI is InChI=1S/C19H30N2/c1-3-19(4-2)15-21(13-7-12-20-19)18-11-10-16-8-5-6-9-17(16)14-18/h5-6,8-9,18,20H,3-4,7,10-15H2,1-2H3. The van der Waals surface area contributed by atoms with Gasteiger partial charge in [0.1, 0.15) is 0 Å². The Balaban J connectivity index is 1.74. The van der Waals surface area contributed by atoms with Crippen LogP contribution >= 0.6 is 0 Å². The largest absolute Gasteiger partial charge is 0.310 e. The van der Waals surface area contributed by atoms with Crippen LogP contribution in [0.3, 0.4) is 0 Å². The molecule has 1 aliphatic heterocycles. The van der Waals surface area contributed by atoms with E-state index in [1.807, 2.05) is 0 Å². The van der Waals surface area contributed by atoms with Crippen molar-refractivity contribution in [1.82, 2.24) is 10.2 Å². The van der Waals surface area contributed by atoms with Gasteiger partial charge >= 0.3 is 0 Å². The Morgan fingerprint density at radius 1 is 1.19 bits per heavy atom. The Morgan fingerprint density at radius 2 is 1.95 bits per heavy atom. The Labute approximate surface area is 129 Å². The van der Waals surface area contributed by atoms with Crippen LogP contribution in [0.1, 0.15) is 50.7 Å². The highest BCUT2D eigenvalue weighted by molar-refractivity contribution is 5.30. The summed E-state index contributed by atoms with van der Waals surface area (Å²) >= 11 is 0. The molecule has 1 N–H and O–H groups in total. The number of aryl methyl sites for hydroxylation is 1. The zero-order valence-corrected chi connectivity index (χ0v) is 13.7. The third-order valence-corrected chi connectivity index (χ3v) is 5.82. The van der Waals surface area contributed by atoms with Gasteiger partial charge in [0.05, 0.1) is 0 Å². The first-order valence-corrected chi connectivity index (χ1v) is 8.82. The number of nitrogens with zero attached hydrogens (tertiary/aromatic N) is 1. The summed E-state index contributed by atoms with van der Waals surface area (Å²) in [6.45, 7) is 8.36. The molecule has 1 heterocycles. The van der Waals surface area contributed by atoms with E-state index in [0.29, 0.717) is 5.54 Å². The minimum absolute atomic E-state index is 0.341. The maximum atomic E-state index is 3.84. The van der Waals surface area contributed by atoms with E-state index in [1.54, 1.807) is 11.1 Å². The molecule has 116 valence electrons. The van der Waals surface area contributed by atoms with E-state index in [1.165, 1.54) is 58.2 Å². The van der Waals surface area contributed by atoms with Crippen LogP contribution in [0.25, 0.3) is 0 Å². The second kappa shape index (κ2) is 6.50. The molecule has 21 heavy (non-hydrogen) atoms. The third-order valence-electron chi connectivity index (χ3n) is 5.82. The average Bonchev–Trinajstić information content (AvgIpc) is 2.77. The van der Waals surface area contributed by atoms with Crippen molar-refractivity contribution in [1.29, 1.82) is 0 Å². The highest BCUT2D eigenvalue weighted by atomic mass is 15.2. The third kappa shape index (κ3) is 3.17. The Hall–Kier alpha value is -0.860. The molecule has 0 spiro atoms. The van der Waals surface area contributed by atoms with Crippen LogP contribution < -0.4 is 5.32 Å². The van der Waals surface area contributed by atoms with Gasteiger partial charge < -0.3 is 5.32 Å². The minimum atomic E-state index is 0.341. The van der Waals surface area contributed by atoms with Gasteiger partial charge in [-0.3, -0.25) is 4.90 Å².